The van der Waals surface area contributed by atoms with Gasteiger partial charge in [-0.25, -0.2) is 15.4 Å². The lowest BCUT2D eigenvalue weighted by Crippen LogP contribution is -2.28. The van der Waals surface area contributed by atoms with Crippen LogP contribution in [0.5, 0.6) is 0 Å². The van der Waals surface area contributed by atoms with Crippen LogP contribution in [0.4, 0.5) is 0 Å². The number of hydrogen-bond donors (Lipinski definition) is 2. The Balaban J connectivity index is 2.33. The number of nitrogens with zero attached hydrogens (tertiary/aromatic N) is 2. The van der Waals surface area contributed by atoms with Crippen LogP contribution in [0.1, 0.15) is 17.2 Å². The fourth-order valence-electron chi connectivity index (χ4n) is 1.50. The summed E-state index contributed by atoms with van der Waals surface area (Å²) in [4.78, 5) is 7.93. The third-order valence-corrected chi connectivity index (χ3v) is 2.54. The molecule has 0 radical (unpaired) electrons. The lowest BCUT2D eigenvalue weighted by molar-refractivity contribution is 0.632. The molecule has 1 aromatic heterocycles. The fourth-order valence-corrected chi connectivity index (χ4v) is 1.63. The largest absolute Gasteiger partial charge is 0.271 e. The SMILES string of the molecule is NNC(c1ccc(Cl)cc1)c1cncnc1. The van der Waals surface area contributed by atoms with Gasteiger partial charge < -0.3 is 0 Å². The molecule has 1 heterocycles. The zero-order valence-corrected chi connectivity index (χ0v) is 9.22. The lowest BCUT2D eigenvalue weighted by atomic mass is 10.0. The van der Waals surface area contributed by atoms with E-state index in [0.717, 1.165) is 11.1 Å². The van der Waals surface area contributed by atoms with Gasteiger partial charge >= 0.3 is 0 Å². The van der Waals surface area contributed by atoms with Crippen LogP contribution in [0.15, 0.2) is 43.0 Å². The van der Waals surface area contributed by atoms with Crippen molar-refractivity contribution in [1.82, 2.24) is 15.4 Å². The van der Waals surface area contributed by atoms with E-state index in [2.05, 4.69) is 15.4 Å². The lowest BCUT2D eigenvalue weighted by Gasteiger charge is -2.15. The van der Waals surface area contributed by atoms with E-state index < -0.39 is 0 Å². The molecule has 0 saturated carbocycles. The van der Waals surface area contributed by atoms with Crippen LogP contribution in [-0.4, -0.2) is 9.97 Å². The van der Waals surface area contributed by atoms with Crippen LogP contribution >= 0.6 is 11.6 Å². The highest BCUT2D eigenvalue weighted by atomic mass is 35.5. The molecule has 5 heteroatoms. The Morgan fingerprint density at radius 2 is 1.69 bits per heavy atom. The van der Waals surface area contributed by atoms with E-state index in [9.17, 15) is 0 Å². The second kappa shape index (κ2) is 5.03. The number of halogens is 1. The Morgan fingerprint density at radius 1 is 1.06 bits per heavy atom. The summed E-state index contributed by atoms with van der Waals surface area (Å²) in [5, 5.41) is 0.698. The van der Waals surface area contributed by atoms with Gasteiger partial charge in [-0.05, 0) is 17.7 Å². The summed E-state index contributed by atoms with van der Waals surface area (Å²) >= 11 is 5.83. The third-order valence-electron chi connectivity index (χ3n) is 2.28. The average Bonchev–Trinajstić information content (AvgIpc) is 2.34. The van der Waals surface area contributed by atoms with E-state index >= 15 is 0 Å². The number of rotatable bonds is 3. The predicted octanol–water partition coefficient (Wildman–Crippen LogP) is 1.68. The standard InChI is InChI=1S/C11H11ClN4/c12-10-3-1-8(2-4-10)11(16-13)9-5-14-7-15-6-9/h1-7,11,16H,13H2. The molecule has 0 aliphatic rings. The van der Waals surface area contributed by atoms with Crippen LogP contribution in [-0.2, 0) is 0 Å². The fraction of sp³-hybridized carbons (Fsp3) is 0.0909. The molecule has 0 bridgehead atoms. The molecule has 4 nitrogen and oxygen atoms in total. The van der Waals surface area contributed by atoms with Gasteiger partial charge in [0.05, 0.1) is 6.04 Å². The molecule has 1 aromatic carbocycles. The minimum Gasteiger partial charge on any atom is -0.271 e. The number of nitrogens with one attached hydrogen (secondary N) is 1. The van der Waals surface area contributed by atoms with Gasteiger partial charge in [-0.2, -0.15) is 0 Å². The van der Waals surface area contributed by atoms with Crippen LogP contribution < -0.4 is 11.3 Å². The highest BCUT2D eigenvalue weighted by molar-refractivity contribution is 6.30. The van der Waals surface area contributed by atoms with Crippen molar-refractivity contribution >= 4 is 11.6 Å². The van der Waals surface area contributed by atoms with Crippen LogP contribution in [0.25, 0.3) is 0 Å². The molecule has 82 valence electrons. The van der Waals surface area contributed by atoms with Crippen molar-refractivity contribution in [3.05, 3.63) is 59.1 Å². The quantitative estimate of drug-likeness (QED) is 0.627. The van der Waals surface area contributed by atoms with Crippen molar-refractivity contribution < 1.29 is 0 Å². The Hall–Kier alpha value is -1.49. The highest BCUT2D eigenvalue weighted by Gasteiger charge is 2.12. The Bertz CT molecular complexity index is 443. The van der Waals surface area contributed by atoms with Crippen molar-refractivity contribution in [3.63, 3.8) is 0 Å². The van der Waals surface area contributed by atoms with Gasteiger partial charge in [0.1, 0.15) is 6.33 Å². The minimum absolute atomic E-state index is 0.126. The average molecular weight is 235 g/mol. The van der Waals surface area contributed by atoms with Crippen LogP contribution in [0.3, 0.4) is 0 Å². The van der Waals surface area contributed by atoms with E-state index in [4.69, 9.17) is 17.4 Å². The maximum Gasteiger partial charge on any atom is 0.115 e. The molecule has 1 atom stereocenters. The molecule has 0 amide bonds. The van der Waals surface area contributed by atoms with Gasteiger partial charge in [0.2, 0.25) is 0 Å². The summed E-state index contributed by atoms with van der Waals surface area (Å²) in [5.74, 6) is 5.54. The molecule has 0 fully saturated rings. The maximum atomic E-state index is 5.83. The van der Waals surface area contributed by atoms with E-state index in [1.165, 1.54) is 6.33 Å². The number of aromatic nitrogens is 2. The molecule has 3 N–H and O–H groups in total. The number of benzene rings is 1. The first-order valence-electron chi connectivity index (χ1n) is 4.78. The van der Waals surface area contributed by atoms with E-state index in [1.807, 2.05) is 24.3 Å². The molecule has 1 unspecified atom stereocenters. The molecule has 0 saturated heterocycles. The van der Waals surface area contributed by atoms with Gasteiger partial charge in [0.15, 0.2) is 0 Å². The van der Waals surface area contributed by atoms with E-state index in [-0.39, 0.29) is 6.04 Å². The second-order valence-corrected chi connectivity index (χ2v) is 3.76. The smallest absolute Gasteiger partial charge is 0.115 e. The van der Waals surface area contributed by atoms with Gasteiger partial charge in [0, 0.05) is 23.0 Å². The van der Waals surface area contributed by atoms with E-state index in [1.54, 1.807) is 12.4 Å². The van der Waals surface area contributed by atoms with Crippen molar-refractivity contribution in [3.8, 4) is 0 Å². The summed E-state index contributed by atoms with van der Waals surface area (Å²) in [5.41, 5.74) is 4.66. The highest BCUT2D eigenvalue weighted by Crippen LogP contribution is 2.21. The van der Waals surface area contributed by atoms with Gasteiger partial charge in [0.25, 0.3) is 0 Å². The molecule has 2 rings (SSSR count). The molecule has 16 heavy (non-hydrogen) atoms. The van der Waals surface area contributed by atoms with Gasteiger partial charge in [-0.3, -0.25) is 5.84 Å². The number of nitrogens with two attached hydrogens (primary N) is 1. The monoisotopic (exact) mass is 234 g/mol. The summed E-state index contributed by atoms with van der Waals surface area (Å²) in [6, 6.07) is 7.36. The molecule has 0 aliphatic heterocycles. The summed E-state index contributed by atoms with van der Waals surface area (Å²) < 4.78 is 0. The van der Waals surface area contributed by atoms with Crippen molar-refractivity contribution in [2.75, 3.05) is 0 Å². The third kappa shape index (κ3) is 2.36. The Morgan fingerprint density at radius 3 is 2.25 bits per heavy atom. The number of hydrazine groups is 1. The maximum absolute atomic E-state index is 5.83. The first kappa shape index (κ1) is 11.0. The number of hydrogen-bond acceptors (Lipinski definition) is 4. The summed E-state index contributed by atoms with van der Waals surface area (Å²) in [7, 11) is 0. The van der Waals surface area contributed by atoms with E-state index in [0.29, 0.717) is 5.02 Å². The summed E-state index contributed by atoms with van der Waals surface area (Å²) in [6.07, 6.45) is 4.94. The zero-order valence-electron chi connectivity index (χ0n) is 8.47. The van der Waals surface area contributed by atoms with Crippen molar-refractivity contribution in [2.45, 2.75) is 6.04 Å². The molecular formula is C11H11ClN4. The van der Waals surface area contributed by atoms with Gasteiger partial charge in [-0.15, -0.1) is 0 Å². The zero-order chi connectivity index (χ0) is 11.4. The molecule has 0 aliphatic carbocycles. The Labute approximate surface area is 98.5 Å². The van der Waals surface area contributed by atoms with Gasteiger partial charge in [-0.1, -0.05) is 23.7 Å². The molecule has 0 spiro atoms. The Kier molecular flexibility index (Phi) is 3.46. The van der Waals surface area contributed by atoms with Crippen molar-refractivity contribution in [2.24, 2.45) is 5.84 Å². The second-order valence-electron chi connectivity index (χ2n) is 3.32. The normalized spacial score (nSPS) is 12.4. The molecular weight excluding hydrogens is 224 g/mol. The van der Waals surface area contributed by atoms with Crippen molar-refractivity contribution in [1.29, 1.82) is 0 Å². The van der Waals surface area contributed by atoms with Crippen LogP contribution in [0, 0.1) is 0 Å². The minimum atomic E-state index is -0.126. The molecule has 2 aromatic rings. The topological polar surface area (TPSA) is 63.8 Å². The van der Waals surface area contributed by atoms with Crippen LogP contribution in [0.2, 0.25) is 5.02 Å². The first-order valence-corrected chi connectivity index (χ1v) is 5.15. The first-order chi connectivity index (χ1) is 7.81. The summed E-state index contributed by atoms with van der Waals surface area (Å²) in [6.45, 7) is 0. The predicted molar refractivity (Wildman–Crippen MR) is 62.7 cm³/mol.